The summed E-state index contributed by atoms with van der Waals surface area (Å²) in [6, 6.07) is 0. The van der Waals surface area contributed by atoms with Gasteiger partial charge in [0.1, 0.15) is 13.2 Å². The van der Waals surface area contributed by atoms with Crippen LogP contribution in [0.5, 0.6) is 0 Å². The quantitative estimate of drug-likeness (QED) is 0.444. The van der Waals surface area contributed by atoms with E-state index < -0.39 is 7.15 Å². The van der Waals surface area contributed by atoms with E-state index >= 15 is 0 Å². The second-order valence-electron chi connectivity index (χ2n) is 0.890. The van der Waals surface area contributed by atoms with Gasteiger partial charge in [0.2, 0.25) is 11.8 Å². The summed E-state index contributed by atoms with van der Waals surface area (Å²) in [6.07, 6.45) is 0. The van der Waals surface area contributed by atoms with Gasteiger partial charge < -0.3 is 0 Å². The second-order valence-corrected chi connectivity index (χ2v) is 2.75. The minimum absolute atomic E-state index is 0.690. The van der Waals surface area contributed by atoms with E-state index in [1.165, 1.54) is 0 Å². The molecule has 0 saturated carbocycles. The van der Waals surface area contributed by atoms with Crippen LogP contribution in [0.3, 0.4) is 0 Å². The average molecular weight is 123 g/mol. The Morgan fingerprint density at radius 2 is 1.83 bits per heavy atom. The number of hydrogen-bond acceptors (Lipinski definition) is 3. The lowest BCUT2D eigenvalue weighted by atomic mass is 10.8. The van der Waals surface area contributed by atoms with E-state index in [9.17, 15) is 0 Å². The maximum atomic E-state index is 4.81. The maximum absolute atomic E-state index is 4.81. The van der Waals surface area contributed by atoms with E-state index in [-0.39, 0.29) is 0 Å². The number of hydrogen-bond donors (Lipinski definition) is 0. The second kappa shape index (κ2) is 1.94. The van der Waals surface area contributed by atoms with E-state index in [1.54, 1.807) is 0 Å². The van der Waals surface area contributed by atoms with Gasteiger partial charge >= 0.3 is 7.15 Å². The molecule has 2 nitrogen and oxygen atoms in total. The molecule has 1 rings (SSSR count). The lowest BCUT2D eigenvalue weighted by molar-refractivity contribution is 0.365. The van der Waals surface area contributed by atoms with Crippen molar-refractivity contribution < 1.29 is 9.05 Å². The molecule has 0 aliphatic carbocycles. The molecular formula is C2H4O2PS+. The molecule has 0 bridgehead atoms. The fourth-order valence-electron chi connectivity index (χ4n) is 0.261. The van der Waals surface area contributed by atoms with Gasteiger partial charge in [0.25, 0.3) is 0 Å². The molecule has 1 aliphatic rings. The van der Waals surface area contributed by atoms with Gasteiger partial charge in [-0.15, -0.1) is 9.05 Å². The van der Waals surface area contributed by atoms with Crippen molar-refractivity contribution >= 4 is 19.0 Å². The Hall–Kier alpha value is 0.440. The van der Waals surface area contributed by atoms with Crippen LogP contribution in [0.15, 0.2) is 0 Å². The third-order valence-electron chi connectivity index (χ3n) is 0.477. The lowest BCUT2D eigenvalue weighted by Crippen LogP contribution is -1.79. The van der Waals surface area contributed by atoms with Crippen LogP contribution in [-0.4, -0.2) is 13.2 Å². The summed E-state index contributed by atoms with van der Waals surface area (Å²) in [4.78, 5) is 0. The molecule has 0 amide bonds. The van der Waals surface area contributed by atoms with Gasteiger partial charge in [0, 0.05) is 0 Å². The minimum atomic E-state index is -0.882. The van der Waals surface area contributed by atoms with Crippen LogP contribution < -0.4 is 0 Å². The Bertz CT molecular complexity index is 65.9. The van der Waals surface area contributed by atoms with E-state index in [2.05, 4.69) is 11.8 Å². The zero-order valence-electron chi connectivity index (χ0n) is 3.09. The summed E-state index contributed by atoms with van der Waals surface area (Å²) < 4.78 is 9.62. The number of rotatable bonds is 0. The largest absolute Gasteiger partial charge is 0.521 e. The third-order valence-corrected chi connectivity index (χ3v) is 1.90. The molecule has 0 aromatic rings. The summed E-state index contributed by atoms with van der Waals surface area (Å²) in [5.74, 6) is 0. The van der Waals surface area contributed by atoms with Crippen molar-refractivity contribution in [1.82, 2.24) is 0 Å². The molecule has 0 N–H and O–H groups in total. The summed E-state index contributed by atoms with van der Waals surface area (Å²) in [7, 11) is -0.882. The van der Waals surface area contributed by atoms with E-state index in [0.29, 0.717) is 13.2 Å². The first-order valence-electron chi connectivity index (χ1n) is 1.63. The van der Waals surface area contributed by atoms with Crippen molar-refractivity contribution in [3.63, 3.8) is 0 Å². The topological polar surface area (TPSA) is 18.5 Å². The molecule has 0 spiro atoms. The van der Waals surface area contributed by atoms with Gasteiger partial charge in [-0.25, -0.2) is 0 Å². The zero-order valence-corrected chi connectivity index (χ0v) is 4.80. The molecule has 0 radical (unpaired) electrons. The monoisotopic (exact) mass is 123 g/mol. The molecule has 1 heterocycles. The first kappa shape index (κ1) is 4.60. The Morgan fingerprint density at radius 1 is 1.33 bits per heavy atom. The highest BCUT2D eigenvalue weighted by Gasteiger charge is 2.20. The average Bonchev–Trinajstić information content (AvgIpc) is 1.86. The van der Waals surface area contributed by atoms with Crippen LogP contribution in [-0.2, 0) is 20.9 Å². The molecule has 0 unspecified atom stereocenters. The molecule has 0 aromatic carbocycles. The SMILES string of the molecule is S=[P+]1OCCO1. The Labute approximate surface area is 42.0 Å². The summed E-state index contributed by atoms with van der Waals surface area (Å²) >= 11 is 4.62. The summed E-state index contributed by atoms with van der Waals surface area (Å²) in [6.45, 7) is 1.38. The molecule has 0 aromatic heterocycles. The predicted molar refractivity (Wildman–Crippen MR) is 26.2 cm³/mol. The highest BCUT2D eigenvalue weighted by atomic mass is 32.4. The molecule has 34 valence electrons. The van der Waals surface area contributed by atoms with Crippen molar-refractivity contribution in [2.75, 3.05) is 13.2 Å². The van der Waals surface area contributed by atoms with Crippen molar-refractivity contribution in [3.05, 3.63) is 0 Å². The minimum Gasteiger partial charge on any atom is -0.139 e. The van der Waals surface area contributed by atoms with Crippen molar-refractivity contribution in [2.45, 2.75) is 0 Å². The molecular weight excluding hydrogens is 119 g/mol. The van der Waals surface area contributed by atoms with Crippen molar-refractivity contribution in [2.24, 2.45) is 0 Å². The predicted octanol–water partition coefficient (Wildman–Crippen LogP) is 0.807. The highest BCUT2D eigenvalue weighted by molar-refractivity contribution is 8.00. The summed E-state index contributed by atoms with van der Waals surface area (Å²) in [5, 5.41) is 0. The molecule has 1 aliphatic heterocycles. The molecule has 4 heteroatoms. The first-order chi connectivity index (χ1) is 2.89. The van der Waals surface area contributed by atoms with Crippen LogP contribution >= 0.6 is 7.15 Å². The van der Waals surface area contributed by atoms with Crippen LogP contribution in [0.2, 0.25) is 0 Å². The van der Waals surface area contributed by atoms with Gasteiger partial charge in [-0.05, 0) is 0 Å². The van der Waals surface area contributed by atoms with Gasteiger partial charge in [0.15, 0.2) is 0 Å². The van der Waals surface area contributed by atoms with E-state index in [1.807, 2.05) is 0 Å². The van der Waals surface area contributed by atoms with Gasteiger partial charge in [0.05, 0.1) is 0 Å². The fourth-order valence-corrected chi connectivity index (χ4v) is 1.23. The van der Waals surface area contributed by atoms with Crippen LogP contribution in [0.25, 0.3) is 0 Å². The van der Waals surface area contributed by atoms with E-state index in [0.717, 1.165) is 0 Å². The van der Waals surface area contributed by atoms with Crippen LogP contribution in [0, 0.1) is 0 Å². The first-order valence-corrected chi connectivity index (χ1v) is 3.82. The molecule has 6 heavy (non-hydrogen) atoms. The van der Waals surface area contributed by atoms with Crippen molar-refractivity contribution in [1.29, 1.82) is 0 Å². The summed E-state index contributed by atoms with van der Waals surface area (Å²) in [5.41, 5.74) is 0. The Morgan fingerprint density at radius 3 is 2.00 bits per heavy atom. The third kappa shape index (κ3) is 0.949. The van der Waals surface area contributed by atoms with Gasteiger partial charge in [-0.3, -0.25) is 0 Å². The van der Waals surface area contributed by atoms with Gasteiger partial charge in [-0.2, -0.15) is 0 Å². The van der Waals surface area contributed by atoms with Crippen LogP contribution in [0.1, 0.15) is 0 Å². The maximum Gasteiger partial charge on any atom is 0.521 e. The van der Waals surface area contributed by atoms with Crippen molar-refractivity contribution in [3.8, 4) is 0 Å². The highest BCUT2D eigenvalue weighted by Crippen LogP contribution is 2.28. The van der Waals surface area contributed by atoms with Crippen LogP contribution in [0.4, 0.5) is 0 Å². The molecule has 0 atom stereocenters. The fraction of sp³-hybridized carbons (Fsp3) is 1.00. The normalized spacial score (nSPS) is 22.3. The Kier molecular flexibility index (Phi) is 1.48. The molecule has 1 fully saturated rings. The lowest BCUT2D eigenvalue weighted by Gasteiger charge is -1.59. The zero-order chi connectivity index (χ0) is 4.41. The molecule has 1 saturated heterocycles. The van der Waals surface area contributed by atoms with Gasteiger partial charge in [-0.1, -0.05) is 0 Å². The smallest absolute Gasteiger partial charge is 0.139 e. The standard InChI is InChI=1S/C2H4O2PS/c6-5-3-1-2-4-5/h1-2H2/q+1. The Balaban J connectivity index is 2.37. The van der Waals surface area contributed by atoms with E-state index in [4.69, 9.17) is 9.05 Å².